The number of hydrogen-bond acceptors (Lipinski definition) is 3. The molecule has 5 nitrogen and oxygen atoms in total. The van der Waals surface area contributed by atoms with Crippen molar-refractivity contribution >= 4 is 11.0 Å². The summed E-state index contributed by atoms with van der Waals surface area (Å²) < 4.78 is 4.35. The summed E-state index contributed by atoms with van der Waals surface area (Å²) in [5.41, 5.74) is 6.97. The predicted octanol–water partition coefficient (Wildman–Crippen LogP) is 6.62. The van der Waals surface area contributed by atoms with Crippen molar-refractivity contribution in [2.45, 2.75) is 44.7 Å². The number of hydrogen-bond donors (Lipinski definition) is 2. The van der Waals surface area contributed by atoms with Crippen LogP contribution in [0, 0.1) is 11.3 Å². The third kappa shape index (κ3) is 4.48. The van der Waals surface area contributed by atoms with Gasteiger partial charge >= 0.3 is 0 Å². The first-order chi connectivity index (χ1) is 18.8. The van der Waals surface area contributed by atoms with Crippen LogP contribution in [-0.4, -0.2) is 25.8 Å². The largest absolute Gasteiger partial charge is 0.396 e. The standard InChI is InChI=1S/C33H34N4O/c34-32-30-29(25-14-6-2-7-15-25)31(26-16-8-3-9-17-26)36(21-20-24-12-4-1-5-13-24)33(30)35-23-37(32)28-19-11-10-18-27(28)22-38/h1-9,12-17,23,27-28,34,38H,10-11,18-22H2. The van der Waals surface area contributed by atoms with E-state index in [0.717, 1.165) is 72.1 Å². The second kappa shape index (κ2) is 10.8. The molecule has 0 radical (unpaired) electrons. The summed E-state index contributed by atoms with van der Waals surface area (Å²) >= 11 is 0. The molecule has 0 saturated heterocycles. The van der Waals surface area contributed by atoms with Crippen LogP contribution >= 0.6 is 0 Å². The SMILES string of the molecule is N=c1c2c(-c3ccccc3)c(-c3ccccc3)n(CCc3ccccc3)c2ncn1C1CCCCC1CO. The van der Waals surface area contributed by atoms with E-state index in [1.165, 1.54) is 5.56 Å². The highest BCUT2D eigenvalue weighted by atomic mass is 16.3. The van der Waals surface area contributed by atoms with E-state index in [-0.39, 0.29) is 18.6 Å². The van der Waals surface area contributed by atoms with Gasteiger partial charge in [-0.2, -0.15) is 0 Å². The Hall–Kier alpha value is -3.96. The average Bonchev–Trinajstić information content (AvgIpc) is 3.33. The molecule has 0 spiro atoms. The quantitative estimate of drug-likeness (QED) is 0.263. The van der Waals surface area contributed by atoms with Gasteiger partial charge in [-0.25, -0.2) is 4.98 Å². The highest BCUT2D eigenvalue weighted by molar-refractivity contribution is 6.02. The van der Waals surface area contributed by atoms with Gasteiger partial charge in [-0.1, -0.05) is 104 Å². The fourth-order valence-corrected chi connectivity index (χ4v) is 6.17. The summed E-state index contributed by atoms with van der Waals surface area (Å²) in [5, 5.41) is 20.5. The second-order valence-electron chi connectivity index (χ2n) is 10.3. The summed E-state index contributed by atoms with van der Waals surface area (Å²) in [6.07, 6.45) is 6.93. The molecule has 0 bridgehead atoms. The van der Waals surface area contributed by atoms with Crippen LogP contribution in [-0.2, 0) is 13.0 Å². The number of benzene rings is 3. The van der Waals surface area contributed by atoms with Crippen LogP contribution < -0.4 is 5.49 Å². The molecule has 2 unspecified atom stereocenters. The number of aryl methyl sites for hydroxylation is 2. The van der Waals surface area contributed by atoms with Gasteiger partial charge in [-0.05, 0) is 36.0 Å². The first kappa shape index (κ1) is 24.4. The van der Waals surface area contributed by atoms with Gasteiger partial charge in [0.1, 0.15) is 11.1 Å². The van der Waals surface area contributed by atoms with E-state index in [0.29, 0.717) is 5.49 Å². The van der Waals surface area contributed by atoms with E-state index < -0.39 is 0 Å². The third-order valence-electron chi connectivity index (χ3n) is 8.07. The van der Waals surface area contributed by atoms with E-state index >= 15 is 0 Å². The Morgan fingerprint density at radius 2 is 1.45 bits per heavy atom. The van der Waals surface area contributed by atoms with Crippen LogP contribution in [0.25, 0.3) is 33.4 Å². The van der Waals surface area contributed by atoms with E-state index in [1.54, 1.807) is 0 Å². The number of rotatable bonds is 7. The summed E-state index contributed by atoms with van der Waals surface area (Å²) in [5.74, 6) is 0.158. The highest BCUT2D eigenvalue weighted by Crippen LogP contribution is 2.40. The smallest absolute Gasteiger partial charge is 0.146 e. The van der Waals surface area contributed by atoms with E-state index in [9.17, 15) is 10.5 Å². The fourth-order valence-electron chi connectivity index (χ4n) is 6.17. The van der Waals surface area contributed by atoms with Crippen molar-refractivity contribution in [3.8, 4) is 22.4 Å². The zero-order valence-electron chi connectivity index (χ0n) is 21.6. The second-order valence-corrected chi connectivity index (χ2v) is 10.3. The molecule has 2 atom stereocenters. The van der Waals surface area contributed by atoms with Gasteiger partial charge in [0, 0.05) is 30.7 Å². The molecule has 3 aromatic carbocycles. The molecule has 2 aromatic heterocycles. The molecule has 6 rings (SSSR count). The monoisotopic (exact) mass is 502 g/mol. The number of aliphatic hydroxyl groups is 1. The van der Waals surface area contributed by atoms with Crippen LogP contribution in [0.3, 0.4) is 0 Å². The maximum absolute atomic E-state index is 10.1. The van der Waals surface area contributed by atoms with Crippen molar-refractivity contribution in [1.29, 1.82) is 5.41 Å². The summed E-state index contributed by atoms with van der Waals surface area (Å²) in [7, 11) is 0. The number of nitrogens with zero attached hydrogens (tertiary/aromatic N) is 3. The van der Waals surface area contributed by atoms with Gasteiger partial charge in [0.25, 0.3) is 0 Å². The lowest BCUT2D eigenvalue weighted by Crippen LogP contribution is -2.33. The minimum Gasteiger partial charge on any atom is -0.396 e. The minimum atomic E-state index is 0.0922. The molecule has 1 aliphatic carbocycles. The molecule has 1 fully saturated rings. The molecule has 38 heavy (non-hydrogen) atoms. The Labute approximate surface area is 223 Å². The van der Waals surface area contributed by atoms with Gasteiger partial charge in [0.05, 0.1) is 17.4 Å². The third-order valence-corrected chi connectivity index (χ3v) is 8.07. The molecule has 0 amide bonds. The van der Waals surface area contributed by atoms with Crippen molar-refractivity contribution in [2.75, 3.05) is 6.61 Å². The lowest BCUT2D eigenvalue weighted by atomic mass is 9.85. The fraction of sp³-hybridized carbons (Fsp3) is 0.273. The minimum absolute atomic E-state index is 0.0922. The van der Waals surface area contributed by atoms with Gasteiger partial charge in [0.2, 0.25) is 0 Å². The topological polar surface area (TPSA) is 66.8 Å². The lowest BCUT2D eigenvalue weighted by molar-refractivity contribution is 0.135. The Bertz CT molecular complexity index is 1570. The zero-order valence-corrected chi connectivity index (χ0v) is 21.6. The Morgan fingerprint density at radius 1 is 0.816 bits per heavy atom. The molecule has 2 heterocycles. The van der Waals surface area contributed by atoms with E-state index in [1.807, 2.05) is 23.0 Å². The lowest BCUT2D eigenvalue weighted by Gasteiger charge is -2.32. The van der Waals surface area contributed by atoms with Crippen LogP contribution in [0.5, 0.6) is 0 Å². The first-order valence-electron chi connectivity index (χ1n) is 13.7. The van der Waals surface area contributed by atoms with Crippen molar-refractivity contribution < 1.29 is 5.11 Å². The number of nitrogens with one attached hydrogen (secondary N) is 1. The maximum Gasteiger partial charge on any atom is 0.146 e. The van der Waals surface area contributed by atoms with Crippen molar-refractivity contribution in [2.24, 2.45) is 5.92 Å². The molecule has 1 aliphatic rings. The van der Waals surface area contributed by atoms with E-state index in [2.05, 4.69) is 83.4 Å². The van der Waals surface area contributed by atoms with Crippen LogP contribution in [0.2, 0.25) is 0 Å². The summed E-state index contributed by atoms with van der Waals surface area (Å²) in [4.78, 5) is 5.05. The number of fused-ring (bicyclic) bond motifs is 1. The molecule has 5 aromatic rings. The van der Waals surface area contributed by atoms with Crippen LogP contribution in [0.4, 0.5) is 0 Å². The first-order valence-corrected chi connectivity index (χ1v) is 13.7. The van der Waals surface area contributed by atoms with Crippen LogP contribution in [0.1, 0.15) is 37.3 Å². The molecular formula is C33H34N4O. The van der Waals surface area contributed by atoms with Gasteiger partial charge in [0.15, 0.2) is 0 Å². The van der Waals surface area contributed by atoms with E-state index in [4.69, 9.17) is 4.98 Å². The molecule has 192 valence electrons. The normalized spacial score (nSPS) is 17.6. The Balaban J connectivity index is 1.62. The average molecular weight is 503 g/mol. The van der Waals surface area contributed by atoms with Crippen molar-refractivity contribution in [1.82, 2.24) is 14.1 Å². The van der Waals surface area contributed by atoms with Crippen LogP contribution in [0.15, 0.2) is 97.3 Å². The van der Waals surface area contributed by atoms with Gasteiger partial charge in [-0.3, -0.25) is 5.41 Å². The summed E-state index contributed by atoms with van der Waals surface area (Å²) in [6, 6.07) is 31.6. The molecule has 5 heteroatoms. The highest BCUT2D eigenvalue weighted by Gasteiger charge is 2.29. The molecular weight excluding hydrogens is 468 g/mol. The number of aliphatic hydroxyl groups excluding tert-OH is 1. The maximum atomic E-state index is 10.1. The van der Waals surface area contributed by atoms with Gasteiger partial charge < -0.3 is 14.2 Å². The van der Waals surface area contributed by atoms with Crippen molar-refractivity contribution in [3.63, 3.8) is 0 Å². The Morgan fingerprint density at radius 3 is 2.13 bits per heavy atom. The predicted molar refractivity (Wildman–Crippen MR) is 153 cm³/mol. The Kier molecular flexibility index (Phi) is 6.93. The zero-order chi connectivity index (χ0) is 25.9. The molecule has 0 aliphatic heterocycles. The molecule has 1 saturated carbocycles. The number of aromatic nitrogens is 3. The van der Waals surface area contributed by atoms with Crippen molar-refractivity contribution in [3.05, 3.63) is 108 Å². The summed E-state index contributed by atoms with van der Waals surface area (Å²) in [6.45, 7) is 0.908. The van der Waals surface area contributed by atoms with Gasteiger partial charge in [-0.15, -0.1) is 0 Å². The molecule has 2 N–H and O–H groups in total.